The second kappa shape index (κ2) is 14.2. The van der Waals surface area contributed by atoms with E-state index in [0.717, 1.165) is 0 Å². The number of benzene rings is 11. The van der Waals surface area contributed by atoms with Crippen molar-refractivity contribution in [3.05, 3.63) is 230 Å². The molecule has 11 aromatic carbocycles. The Bertz CT molecular complexity index is 3370. The van der Waals surface area contributed by atoms with Crippen LogP contribution in [0.4, 0.5) is 0 Å². The quantitative estimate of drug-likeness (QED) is 0.118. The molecule has 58 heavy (non-hydrogen) atoms. The van der Waals surface area contributed by atoms with E-state index < -0.39 is 0 Å². The van der Waals surface area contributed by atoms with Crippen molar-refractivity contribution in [3.8, 4) is 44.5 Å². The number of rotatable bonds is 6. The van der Waals surface area contributed by atoms with Crippen LogP contribution in [0.2, 0.25) is 0 Å². The fourth-order valence-corrected chi connectivity index (χ4v) is 9.01. The van der Waals surface area contributed by atoms with E-state index in [1.165, 1.54) is 109 Å². The molecular weight excluding hydrogens is 697 g/mol. The second-order valence-corrected chi connectivity index (χ2v) is 15.3. The minimum atomic E-state index is 1.19. The molecule has 0 nitrogen and oxygen atoms in total. The molecule has 0 saturated heterocycles. The van der Waals surface area contributed by atoms with Crippen molar-refractivity contribution in [1.82, 2.24) is 0 Å². The second-order valence-electron chi connectivity index (χ2n) is 15.3. The molecule has 11 rings (SSSR count). The summed E-state index contributed by atoms with van der Waals surface area (Å²) in [5.74, 6) is 0. The Hall–Kier alpha value is -7.54. The van der Waals surface area contributed by atoms with Crippen LogP contribution in [0, 0.1) is 0 Å². The van der Waals surface area contributed by atoms with Gasteiger partial charge in [-0.25, -0.2) is 0 Å². The highest BCUT2D eigenvalue weighted by atomic mass is 14.2. The molecule has 11 aromatic rings. The van der Waals surface area contributed by atoms with Gasteiger partial charge < -0.3 is 0 Å². The van der Waals surface area contributed by atoms with Crippen LogP contribution in [-0.2, 0) is 0 Å². The zero-order valence-electron chi connectivity index (χ0n) is 31.9. The molecule has 0 spiro atoms. The maximum atomic E-state index is 2.44. The summed E-state index contributed by atoms with van der Waals surface area (Å²) in [6.45, 7) is 0. The van der Waals surface area contributed by atoms with E-state index in [1.807, 2.05) is 0 Å². The van der Waals surface area contributed by atoms with E-state index >= 15 is 0 Å². The molecule has 270 valence electrons. The highest BCUT2D eigenvalue weighted by molar-refractivity contribution is 6.25. The summed E-state index contributed by atoms with van der Waals surface area (Å²) in [5.41, 5.74) is 12.3. The summed E-state index contributed by atoms with van der Waals surface area (Å²) in [7, 11) is 0. The van der Waals surface area contributed by atoms with Crippen LogP contribution in [0.1, 0.15) is 11.1 Å². The van der Waals surface area contributed by atoms with Gasteiger partial charge in [-0.3, -0.25) is 0 Å². The Kier molecular flexibility index (Phi) is 8.26. The van der Waals surface area contributed by atoms with Gasteiger partial charge in [-0.1, -0.05) is 206 Å². The lowest BCUT2D eigenvalue weighted by atomic mass is 9.83. The van der Waals surface area contributed by atoms with Crippen LogP contribution in [-0.4, -0.2) is 0 Å². The van der Waals surface area contributed by atoms with E-state index in [1.54, 1.807) is 0 Å². The van der Waals surface area contributed by atoms with Crippen LogP contribution < -0.4 is 0 Å². The first-order valence-corrected chi connectivity index (χ1v) is 20.1. The third-order valence-corrected chi connectivity index (χ3v) is 11.8. The number of fused-ring (bicyclic) bond motifs is 5. The molecule has 0 atom stereocenters. The van der Waals surface area contributed by atoms with Gasteiger partial charge >= 0.3 is 0 Å². The van der Waals surface area contributed by atoms with E-state index in [2.05, 4.69) is 231 Å². The molecule has 0 N–H and O–H groups in total. The fourth-order valence-electron chi connectivity index (χ4n) is 9.01. The van der Waals surface area contributed by atoms with Crippen molar-refractivity contribution in [2.24, 2.45) is 0 Å². The van der Waals surface area contributed by atoms with Gasteiger partial charge in [0.1, 0.15) is 0 Å². The largest absolute Gasteiger partial charge is 0.0622 e. The number of hydrogen-bond acceptors (Lipinski definition) is 0. The molecule has 0 heterocycles. The predicted molar refractivity (Wildman–Crippen MR) is 251 cm³/mol. The van der Waals surface area contributed by atoms with Gasteiger partial charge in [-0.2, -0.15) is 0 Å². The molecular formula is C58H38. The van der Waals surface area contributed by atoms with Gasteiger partial charge in [0, 0.05) is 0 Å². The molecule has 0 amide bonds. The van der Waals surface area contributed by atoms with Crippen molar-refractivity contribution in [1.29, 1.82) is 0 Å². The van der Waals surface area contributed by atoms with E-state index in [9.17, 15) is 0 Å². The summed E-state index contributed by atoms with van der Waals surface area (Å²) in [6, 6.07) is 80.1. The van der Waals surface area contributed by atoms with Crippen molar-refractivity contribution >= 4 is 66.0 Å². The molecule has 0 radical (unpaired) electrons. The zero-order valence-corrected chi connectivity index (χ0v) is 31.9. The maximum absolute atomic E-state index is 2.44. The summed E-state index contributed by atoms with van der Waals surface area (Å²) in [4.78, 5) is 0. The first-order chi connectivity index (χ1) is 28.7. The molecule has 0 bridgehead atoms. The van der Waals surface area contributed by atoms with Crippen LogP contribution in [0.25, 0.3) is 111 Å². The monoisotopic (exact) mass is 734 g/mol. The molecule has 0 aromatic heterocycles. The highest BCUT2D eigenvalue weighted by Crippen LogP contribution is 2.47. The minimum Gasteiger partial charge on any atom is -0.0622 e. The Morgan fingerprint density at radius 2 is 0.655 bits per heavy atom. The maximum Gasteiger partial charge on any atom is -0.00199 e. The van der Waals surface area contributed by atoms with E-state index in [0.29, 0.717) is 0 Å². The smallest absolute Gasteiger partial charge is 0.00199 e. The first kappa shape index (κ1) is 33.8. The average molecular weight is 735 g/mol. The van der Waals surface area contributed by atoms with Crippen LogP contribution in [0.15, 0.2) is 218 Å². The zero-order chi connectivity index (χ0) is 38.4. The van der Waals surface area contributed by atoms with Gasteiger partial charge in [-0.15, -0.1) is 0 Å². The van der Waals surface area contributed by atoms with Crippen molar-refractivity contribution in [3.63, 3.8) is 0 Å². The SMILES string of the molecule is C(=C/c1cccc(-c2ccc3cc(-c4ccc5c(-c6cccc7ccccc67)c6ccccc6c(-c6cccc7ccccc67)c5c4)ccc3c2)c1)/c1ccccc1. The topological polar surface area (TPSA) is 0 Å². The van der Waals surface area contributed by atoms with Crippen molar-refractivity contribution < 1.29 is 0 Å². The van der Waals surface area contributed by atoms with Crippen molar-refractivity contribution in [2.75, 3.05) is 0 Å². The third-order valence-electron chi connectivity index (χ3n) is 11.8. The summed E-state index contributed by atoms with van der Waals surface area (Å²) >= 11 is 0. The molecule has 0 fully saturated rings. The minimum absolute atomic E-state index is 1.19. The van der Waals surface area contributed by atoms with E-state index in [4.69, 9.17) is 0 Å². The van der Waals surface area contributed by atoms with Crippen LogP contribution in [0.3, 0.4) is 0 Å². The van der Waals surface area contributed by atoms with Gasteiger partial charge in [0.2, 0.25) is 0 Å². The standard InChI is InChI=1S/C58H38/c1-2-13-39(14-3-1)27-28-40-15-10-20-43(35-40)44-29-30-46-37-47(32-31-45(46)36-44)48-33-34-55-56(38-48)58(52-26-12-19-42-17-5-7-22-50(42)52)54-24-9-8-23-53(54)57(55)51-25-11-18-41-16-4-6-21-49(41)51/h1-38H/b28-27-. The fraction of sp³-hybridized carbons (Fsp3) is 0. The van der Waals surface area contributed by atoms with Gasteiger partial charge in [0.05, 0.1) is 0 Å². The van der Waals surface area contributed by atoms with Crippen LogP contribution >= 0.6 is 0 Å². The lowest BCUT2D eigenvalue weighted by Crippen LogP contribution is -1.93. The lowest BCUT2D eigenvalue weighted by molar-refractivity contribution is 1.61. The Balaban J connectivity index is 1.08. The van der Waals surface area contributed by atoms with Gasteiger partial charge in [-0.05, 0) is 134 Å². The van der Waals surface area contributed by atoms with Gasteiger partial charge in [0.15, 0.2) is 0 Å². The Labute approximate surface area is 338 Å². The molecule has 0 aliphatic rings. The Morgan fingerprint density at radius 1 is 0.224 bits per heavy atom. The predicted octanol–water partition coefficient (Wildman–Crippen LogP) is 16.3. The first-order valence-electron chi connectivity index (χ1n) is 20.1. The molecule has 0 aliphatic carbocycles. The normalized spacial score (nSPS) is 11.7. The van der Waals surface area contributed by atoms with Gasteiger partial charge in [0.25, 0.3) is 0 Å². The summed E-state index contributed by atoms with van der Waals surface area (Å²) < 4.78 is 0. The molecule has 0 saturated carbocycles. The number of hydrogen-bond donors (Lipinski definition) is 0. The average Bonchev–Trinajstić information content (AvgIpc) is 3.30. The molecule has 0 unspecified atom stereocenters. The third kappa shape index (κ3) is 5.95. The van der Waals surface area contributed by atoms with Crippen LogP contribution in [0.5, 0.6) is 0 Å². The molecule has 0 heteroatoms. The lowest BCUT2D eigenvalue weighted by Gasteiger charge is -2.20. The molecule has 0 aliphatic heterocycles. The summed E-state index contributed by atoms with van der Waals surface area (Å²) in [6.07, 6.45) is 4.36. The Morgan fingerprint density at radius 3 is 1.29 bits per heavy atom. The van der Waals surface area contributed by atoms with Crippen molar-refractivity contribution in [2.45, 2.75) is 0 Å². The summed E-state index contributed by atoms with van der Waals surface area (Å²) in [5, 5.41) is 12.5. The van der Waals surface area contributed by atoms with E-state index in [-0.39, 0.29) is 0 Å². The highest BCUT2D eigenvalue weighted by Gasteiger charge is 2.20.